The Morgan fingerprint density at radius 2 is 1.73 bits per heavy atom. The lowest BCUT2D eigenvalue weighted by Gasteiger charge is -2.17. The third-order valence-electron chi connectivity index (χ3n) is 4.74. The van der Waals surface area contributed by atoms with Crippen molar-refractivity contribution in [1.29, 1.82) is 0 Å². The molecule has 3 N–H and O–H groups in total. The van der Waals surface area contributed by atoms with Gasteiger partial charge in [-0.2, -0.15) is 0 Å². The van der Waals surface area contributed by atoms with Gasteiger partial charge in [-0.15, -0.1) is 24.8 Å². The van der Waals surface area contributed by atoms with E-state index in [0.717, 1.165) is 5.69 Å². The summed E-state index contributed by atoms with van der Waals surface area (Å²) in [5.74, 6) is 0.407. The first-order valence-corrected chi connectivity index (χ1v) is 8.53. The van der Waals surface area contributed by atoms with Gasteiger partial charge < -0.3 is 16.0 Å². The summed E-state index contributed by atoms with van der Waals surface area (Å²) in [5, 5.41) is 3.34. The first-order chi connectivity index (χ1) is 11.6. The minimum atomic E-state index is 0. The quantitative estimate of drug-likeness (QED) is 0.812. The number of nitrogens with zero attached hydrogens (tertiary/aromatic N) is 1. The first kappa shape index (κ1) is 22.3. The molecule has 0 radical (unpaired) electrons. The van der Waals surface area contributed by atoms with E-state index in [9.17, 15) is 4.79 Å². The van der Waals surface area contributed by atoms with Gasteiger partial charge in [-0.3, -0.25) is 4.79 Å². The predicted octanol–water partition coefficient (Wildman–Crippen LogP) is 3.59. The van der Waals surface area contributed by atoms with Crippen LogP contribution in [0.15, 0.2) is 54.6 Å². The molecule has 0 aliphatic carbocycles. The van der Waals surface area contributed by atoms with E-state index < -0.39 is 0 Å². The number of aryl methyl sites for hydroxylation is 1. The second kappa shape index (κ2) is 10.4. The molecule has 0 spiro atoms. The summed E-state index contributed by atoms with van der Waals surface area (Å²) >= 11 is 0. The van der Waals surface area contributed by atoms with Crippen molar-refractivity contribution in [1.82, 2.24) is 4.90 Å². The van der Waals surface area contributed by atoms with Crippen molar-refractivity contribution in [2.75, 3.05) is 25.0 Å². The Morgan fingerprint density at radius 1 is 1.08 bits per heavy atom. The number of carbonyl (C=O) groups excluding carboxylic acids is 1. The van der Waals surface area contributed by atoms with Crippen molar-refractivity contribution >= 4 is 36.4 Å². The van der Waals surface area contributed by atoms with Crippen LogP contribution in [0.1, 0.15) is 23.5 Å². The highest BCUT2D eigenvalue weighted by Gasteiger charge is 2.33. The Hall–Kier alpha value is -1.75. The van der Waals surface area contributed by atoms with E-state index in [2.05, 4.69) is 30.4 Å². The summed E-state index contributed by atoms with van der Waals surface area (Å²) in [7, 11) is 0. The van der Waals surface area contributed by atoms with Gasteiger partial charge in [-0.1, -0.05) is 48.5 Å². The average molecular weight is 396 g/mol. The molecule has 26 heavy (non-hydrogen) atoms. The Bertz CT molecular complexity index is 696. The number of anilines is 1. The SMILES string of the molecule is Cc1ccccc1NCCC(=O)N1C[C@@H](N)[C@H](c2ccccc2)C1.Cl.Cl. The molecule has 0 unspecified atom stereocenters. The molecule has 0 bridgehead atoms. The monoisotopic (exact) mass is 395 g/mol. The van der Waals surface area contributed by atoms with Crippen molar-refractivity contribution in [3.05, 3.63) is 65.7 Å². The van der Waals surface area contributed by atoms with Gasteiger partial charge >= 0.3 is 0 Å². The molecule has 1 saturated heterocycles. The Balaban J connectivity index is 0.00000169. The lowest BCUT2D eigenvalue weighted by Crippen LogP contribution is -2.33. The highest BCUT2D eigenvalue weighted by molar-refractivity contribution is 5.85. The molecule has 1 aliphatic heterocycles. The third kappa shape index (κ3) is 5.37. The Kier molecular flexibility index (Phi) is 8.93. The fourth-order valence-corrected chi connectivity index (χ4v) is 3.32. The van der Waals surface area contributed by atoms with Crippen LogP contribution in [0.25, 0.3) is 0 Å². The van der Waals surface area contributed by atoms with Crippen LogP contribution >= 0.6 is 24.8 Å². The number of hydrogen-bond donors (Lipinski definition) is 2. The summed E-state index contributed by atoms with van der Waals surface area (Å²) in [6, 6.07) is 18.4. The molecular weight excluding hydrogens is 369 g/mol. The molecule has 0 aromatic heterocycles. The zero-order valence-electron chi connectivity index (χ0n) is 14.9. The third-order valence-corrected chi connectivity index (χ3v) is 4.74. The van der Waals surface area contributed by atoms with Gasteiger partial charge in [0, 0.05) is 43.7 Å². The standard InChI is InChI=1S/C20H25N3O.2ClH/c1-15-7-5-6-10-19(15)22-12-11-20(24)23-13-17(18(21)14-23)16-8-3-2-4-9-16;;/h2-10,17-18,22H,11-14,21H2,1H3;2*1H/t17-,18+;;/m0../s1. The maximum absolute atomic E-state index is 12.5. The van der Waals surface area contributed by atoms with Gasteiger partial charge in [0.1, 0.15) is 0 Å². The molecule has 1 amide bonds. The zero-order valence-corrected chi connectivity index (χ0v) is 16.6. The molecule has 2 atom stereocenters. The summed E-state index contributed by atoms with van der Waals surface area (Å²) < 4.78 is 0. The van der Waals surface area contributed by atoms with Crippen LogP contribution in [-0.4, -0.2) is 36.5 Å². The van der Waals surface area contributed by atoms with E-state index in [0.29, 0.717) is 26.1 Å². The number of likely N-dealkylation sites (tertiary alicyclic amines) is 1. The molecule has 1 heterocycles. The predicted molar refractivity (Wildman–Crippen MR) is 113 cm³/mol. The number of nitrogens with two attached hydrogens (primary N) is 1. The molecule has 3 rings (SSSR count). The molecule has 1 fully saturated rings. The molecule has 0 saturated carbocycles. The molecule has 142 valence electrons. The van der Waals surface area contributed by atoms with Crippen LogP contribution in [0, 0.1) is 6.92 Å². The molecule has 6 heteroatoms. The number of halogens is 2. The van der Waals surface area contributed by atoms with Gasteiger partial charge in [0.05, 0.1) is 0 Å². The minimum absolute atomic E-state index is 0. The molecule has 2 aromatic rings. The van der Waals surface area contributed by atoms with Crippen molar-refractivity contribution < 1.29 is 4.79 Å². The largest absolute Gasteiger partial charge is 0.384 e. The Labute approximate surface area is 168 Å². The van der Waals surface area contributed by atoms with E-state index in [1.165, 1.54) is 11.1 Å². The van der Waals surface area contributed by atoms with Crippen molar-refractivity contribution in [3.63, 3.8) is 0 Å². The topological polar surface area (TPSA) is 58.4 Å². The van der Waals surface area contributed by atoms with Gasteiger partial charge in [-0.25, -0.2) is 0 Å². The lowest BCUT2D eigenvalue weighted by atomic mass is 9.95. The smallest absolute Gasteiger partial charge is 0.224 e. The molecule has 4 nitrogen and oxygen atoms in total. The fraction of sp³-hybridized carbons (Fsp3) is 0.350. The summed E-state index contributed by atoms with van der Waals surface area (Å²) in [4.78, 5) is 14.4. The average Bonchev–Trinajstić information content (AvgIpc) is 2.99. The van der Waals surface area contributed by atoms with Crippen LogP contribution in [0.5, 0.6) is 0 Å². The lowest BCUT2D eigenvalue weighted by molar-refractivity contribution is -0.129. The second-order valence-electron chi connectivity index (χ2n) is 6.47. The fourth-order valence-electron chi connectivity index (χ4n) is 3.32. The van der Waals surface area contributed by atoms with Crippen molar-refractivity contribution in [2.45, 2.75) is 25.3 Å². The summed E-state index contributed by atoms with van der Waals surface area (Å²) in [5.41, 5.74) is 9.77. The first-order valence-electron chi connectivity index (χ1n) is 8.53. The van der Waals surface area contributed by atoms with Crippen LogP contribution in [-0.2, 0) is 4.79 Å². The number of benzene rings is 2. The summed E-state index contributed by atoms with van der Waals surface area (Å²) in [6.07, 6.45) is 0.489. The van der Waals surface area contributed by atoms with Gasteiger partial charge in [0.2, 0.25) is 5.91 Å². The van der Waals surface area contributed by atoms with Crippen LogP contribution in [0.4, 0.5) is 5.69 Å². The maximum atomic E-state index is 12.5. The van der Waals surface area contributed by atoms with E-state index in [1.54, 1.807) is 0 Å². The van der Waals surface area contributed by atoms with Crippen LogP contribution < -0.4 is 11.1 Å². The number of rotatable bonds is 5. The van der Waals surface area contributed by atoms with Crippen LogP contribution in [0.2, 0.25) is 0 Å². The van der Waals surface area contributed by atoms with E-state index in [-0.39, 0.29) is 42.7 Å². The van der Waals surface area contributed by atoms with E-state index in [1.807, 2.05) is 41.3 Å². The number of hydrogen-bond acceptors (Lipinski definition) is 3. The maximum Gasteiger partial charge on any atom is 0.224 e. The normalized spacial score (nSPS) is 18.6. The Morgan fingerprint density at radius 3 is 2.42 bits per heavy atom. The van der Waals surface area contributed by atoms with Crippen LogP contribution in [0.3, 0.4) is 0 Å². The highest BCUT2D eigenvalue weighted by Crippen LogP contribution is 2.26. The number of nitrogens with one attached hydrogen (secondary N) is 1. The zero-order chi connectivity index (χ0) is 16.9. The second-order valence-corrected chi connectivity index (χ2v) is 6.47. The molecule has 1 aliphatic rings. The van der Waals surface area contributed by atoms with Gasteiger partial charge in [-0.05, 0) is 24.1 Å². The van der Waals surface area contributed by atoms with Crippen molar-refractivity contribution in [3.8, 4) is 0 Å². The number of carbonyl (C=O) groups is 1. The van der Waals surface area contributed by atoms with Crippen molar-refractivity contribution in [2.24, 2.45) is 5.73 Å². The van der Waals surface area contributed by atoms with Gasteiger partial charge in [0.15, 0.2) is 0 Å². The molecular formula is C20H27Cl2N3O. The minimum Gasteiger partial charge on any atom is -0.384 e. The van der Waals surface area contributed by atoms with E-state index >= 15 is 0 Å². The van der Waals surface area contributed by atoms with E-state index in [4.69, 9.17) is 5.73 Å². The highest BCUT2D eigenvalue weighted by atomic mass is 35.5. The van der Waals surface area contributed by atoms with Gasteiger partial charge in [0.25, 0.3) is 0 Å². The number of para-hydroxylation sites is 1. The summed E-state index contributed by atoms with van der Waals surface area (Å²) in [6.45, 7) is 4.07. The molecule has 2 aromatic carbocycles. The number of amides is 1.